The van der Waals surface area contributed by atoms with Gasteiger partial charge in [0, 0.05) is 17.0 Å². The van der Waals surface area contributed by atoms with E-state index in [1.807, 2.05) is 19.1 Å². The van der Waals surface area contributed by atoms with Crippen molar-refractivity contribution in [2.24, 2.45) is 11.1 Å². The second-order valence-corrected chi connectivity index (χ2v) is 5.45. The van der Waals surface area contributed by atoms with Crippen LogP contribution in [0.25, 0.3) is 0 Å². The Morgan fingerprint density at radius 2 is 2.00 bits per heavy atom. The van der Waals surface area contributed by atoms with E-state index in [1.54, 1.807) is 19.9 Å². The summed E-state index contributed by atoms with van der Waals surface area (Å²) >= 11 is 4.20. The van der Waals surface area contributed by atoms with E-state index in [0.29, 0.717) is 5.56 Å². The maximum absolute atomic E-state index is 12.0. The summed E-state index contributed by atoms with van der Waals surface area (Å²) in [5, 5.41) is 2.71. The van der Waals surface area contributed by atoms with Gasteiger partial charge < -0.3 is 11.1 Å². The van der Waals surface area contributed by atoms with Crippen LogP contribution in [0.2, 0.25) is 0 Å². The Hall–Kier alpha value is -1.49. The molecule has 0 radical (unpaired) electrons. The van der Waals surface area contributed by atoms with E-state index in [9.17, 15) is 9.59 Å². The van der Waals surface area contributed by atoms with Crippen LogP contribution in [0.5, 0.6) is 0 Å². The third kappa shape index (κ3) is 3.50. The van der Waals surface area contributed by atoms with E-state index >= 15 is 0 Å². The van der Waals surface area contributed by atoms with E-state index in [-0.39, 0.29) is 12.5 Å². The summed E-state index contributed by atoms with van der Waals surface area (Å²) in [6.07, 6.45) is 0. The van der Waals surface area contributed by atoms with Gasteiger partial charge in [-0.25, -0.2) is 0 Å². The van der Waals surface area contributed by atoms with Gasteiger partial charge in [0.1, 0.15) is 0 Å². The summed E-state index contributed by atoms with van der Waals surface area (Å²) in [4.78, 5) is 23.9. The Balaban J connectivity index is 2.78. The molecule has 1 aromatic carbocycles. The number of aryl methyl sites for hydroxylation is 1. The Bertz CT molecular complexity index is 484. The second kappa shape index (κ2) is 5.44. The van der Waals surface area contributed by atoms with Crippen LogP contribution in [0.1, 0.15) is 29.8 Å². The van der Waals surface area contributed by atoms with E-state index in [0.717, 1.165) is 10.5 Å². The first-order valence-electron chi connectivity index (χ1n) is 5.62. The highest BCUT2D eigenvalue weighted by molar-refractivity contribution is 7.80. The summed E-state index contributed by atoms with van der Waals surface area (Å²) in [5.41, 5.74) is 5.91. The number of primary amides is 1. The Morgan fingerprint density at radius 3 is 2.56 bits per heavy atom. The molecule has 0 aliphatic carbocycles. The van der Waals surface area contributed by atoms with Gasteiger partial charge in [-0.1, -0.05) is 6.07 Å². The van der Waals surface area contributed by atoms with Gasteiger partial charge in [-0.15, -0.1) is 12.6 Å². The van der Waals surface area contributed by atoms with E-state index in [4.69, 9.17) is 5.73 Å². The molecule has 0 heterocycles. The van der Waals surface area contributed by atoms with Crippen LogP contribution in [0, 0.1) is 12.3 Å². The standard InChI is InChI=1S/C13H18N2O2S/c1-8-4-5-9(18)6-10(8)11(16)15-7-13(2,3)12(14)17/h4-6,18H,7H2,1-3H3,(H2,14,17)(H,15,16). The fourth-order valence-electron chi connectivity index (χ4n) is 1.34. The number of carbonyl (C=O) groups is 2. The zero-order valence-corrected chi connectivity index (χ0v) is 11.7. The molecule has 0 bridgehead atoms. The molecule has 0 saturated carbocycles. The number of nitrogens with two attached hydrogens (primary N) is 1. The number of thiol groups is 1. The van der Waals surface area contributed by atoms with Gasteiger partial charge in [0.25, 0.3) is 5.91 Å². The lowest BCUT2D eigenvalue weighted by atomic mass is 9.92. The predicted octanol–water partition coefficient (Wildman–Crippen LogP) is 1.53. The number of carbonyl (C=O) groups excluding carboxylic acids is 2. The number of benzene rings is 1. The lowest BCUT2D eigenvalue weighted by Crippen LogP contribution is -2.42. The number of hydrogen-bond donors (Lipinski definition) is 3. The van der Waals surface area contributed by atoms with Crippen LogP contribution in [0.4, 0.5) is 0 Å². The average molecular weight is 266 g/mol. The highest BCUT2D eigenvalue weighted by Crippen LogP contribution is 2.16. The third-order valence-electron chi connectivity index (χ3n) is 2.82. The monoisotopic (exact) mass is 266 g/mol. The summed E-state index contributed by atoms with van der Waals surface area (Å²) in [7, 11) is 0. The fourth-order valence-corrected chi connectivity index (χ4v) is 1.54. The molecule has 18 heavy (non-hydrogen) atoms. The third-order valence-corrected chi connectivity index (χ3v) is 3.10. The highest BCUT2D eigenvalue weighted by Gasteiger charge is 2.25. The normalized spacial score (nSPS) is 11.1. The molecule has 0 aliphatic heterocycles. The molecular weight excluding hydrogens is 248 g/mol. The van der Waals surface area contributed by atoms with Crippen molar-refractivity contribution in [1.82, 2.24) is 5.32 Å². The van der Waals surface area contributed by atoms with Crippen molar-refractivity contribution in [2.75, 3.05) is 6.54 Å². The maximum Gasteiger partial charge on any atom is 0.251 e. The number of hydrogen-bond acceptors (Lipinski definition) is 3. The molecule has 0 fully saturated rings. The van der Waals surface area contributed by atoms with Crippen molar-refractivity contribution in [3.63, 3.8) is 0 Å². The molecule has 2 amide bonds. The van der Waals surface area contributed by atoms with E-state index in [2.05, 4.69) is 17.9 Å². The zero-order valence-electron chi connectivity index (χ0n) is 10.8. The van der Waals surface area contributed by atoms with Crippen molar-refractivity contribution in [3.8, 4) is 0 Å². The van der Waals surface area contributed by atoms with Gasteiger partial charge in [-0.3, -0.25) is 9.59 Å². The minimum Gasteiger partial charge on any atom is -0.369 e. The molecule has 98 valence electrons. The van der Waals surface area contributed by atoms with Gasteiger partial charge in [-0.2, -0.15) is 0 Å². The van der Waals surface area contributed by atoms with Crippen molar-refractivity contribution in [2.45, 2.75) is 25.7 Å². The van der Waals surface area contributed by atoms with Gasteiger partial charge in [0.15, 0.2) is 0 Å². The quantitative estimate of drug-likeness (QED) is 0.723. The molecule has 5 heteroatoms. The first-order valence-corrected chi connectivity index (χ1v) is 6.06. The van der Waals surface area contributed by atoms with Crippen LogP contribution >= 0.6 is 12.6 Å². The van der Waals surface area contributed by atoms with Gasteiger partial charge in [-0.05, 0) is 38.5 Å². The fraction of sp³-hybridized carbons (Fsp3) is 0.385. The van der Waals surface area contributed by atoms with Crippen LogP contribution in [0.15, 0.2) is 23.1 Å². The number of rotatable bonds is 4. The number of amides is 2. The maximum atomic E-state index is 12.0. The van der Waals surface area contributed by atoms with Crippen molar-refractivity contribution in [3.05, 3.63) is 29.3 Å². The Morgan fingerprint density at radius 1 is 1.39 bits per heavy atom. The second-order valence-electron chi connectivity index (χ2n) is 4.93. The van der Waals surface area contributed by atoms with E-state index in [1.165, 1.54) is 0 Å². The van der Waals surface area contributed by atoms with Crippen molar-refractivity contribution < 1.29 is 9.59 Å². The lowest BCUT2D eigenvalue weighted by molar-refractivity contribution is -0.125. The molecule has 0 saturated heterocycles. The first-order chi connectivity index (χ1) is 8.24. The Labute approximate surface area is 112 Å². The molecule has 3 N–H and O–H groups in total. The molecule has 1 rings (SSSR count). The van der Waals surface area contributed by atoms with Crippen molar-refractivity contribution in [1.29, 1.82) is 0 Å². The van der Waals surface area contributed by atoms with Gasteiger partial charge >= 0.3 is 0 Å². The SMILES string of the molecule is Cc1ccc(S)cc1C(=O)NCC(C)(C)C(N)=O. The number of nitrogens with one attached hydrogen (secondary N) is 1. The molecule has 4 nitrogen and oxygen atoms in total. The zero-order chi connectivity index (χ0) is 13.9. The summed E-state index contributed by atoms with van der Waals surface area (Å²) in [5.74, 6) is -0.666. The van der Waals surface area contributed by atoms with Crippen LogP contribution in [-0.2, 0) is 4.79 Å². The van der Waals surface area contributed by atoms with Crippen LogP contribution in [-0.4, -0.2) is 18.4 Å². The highest BCUT2D eigenvalue weighted by atomic mass is 32.1. The molecule has 0 aliphatic rings. The van der Waals surface area contributed by atoms with Crippen LogP contribution in [0.3, 0.4) is 0 Å². The molecule has 0 spiro atoms. The molecule has 0 aromatic heterocycles. The minimum atomic E-state index is -0.762. The Kier molecular flexibility index (Phi) is 4.40. The summed E-state index contributed by atoms with van der Waals surface area (Å²) in [6, 6.07) is 5.35. The largest absolute Gasteiger partial charge is 0.369 e. The average Bonchev–Trinajstić information content (AvgIpc) is 2.29. The smallest absolute Gasteiger partial charge is 0.251 e. The summed E-state index contributed by atoms with van der Waals surface area (Å²) < 4.78 is 0. The van der Waals surface area contributed by atoms with Gasteiger partial charge in [0.2, 0.25) is 5.91 Å². The summed E-state index contributed by atoms with van der Waals surface area (Å²) in [6.45, 7) is 5.44. The van der Waals surface area contributed by atoms with E-state index < -0.39 is 11.3 Å². The van der Waals surface area contributed by atoms with Crippen LogP contribution < -0.4 is 11.1 Å². The van der Waals surface area contributed by atoms with Gasteiger partial charge in [0.05, 0.1) is 5.41 Å². The minimum absolute atomic E-state index is 0.206. The molecule has 0 atom stereocenters. The topological polar surface area (TPSA) is 72.2 Å². The first kappa shape index (κ1) is 14.6. The molecule has 0 unspecified atom stereocenters. The predicted molar refractivity (Wildman–Crippen MR) is 73.7 cm³/mol. The van der Waals surface area contributed by atoms with Crippen molar-refractivity contribution >= 4 is 24.4 Å². The molecule has 1 aromatic rings. The lowest BCUT2D eigenvalue weighted by Gasteiger charge is -2.21. The molecular formula is C13H18N2O2S.